The number of phosphoric ester groups is 1. The molecule has 1 saturated carbocycles. The van der Waals surface area contributed by atoms with Crippen molar-refractivity contribution in [2.24, 2.45) is 0 Å². The smallest absolute Gasteiger partial charge is 0.463 e. The van der Waals surface area contributed by atoms with Crippen LogP contribution in [0.2, 0.25) is 0 Å². The second-order valence-corrected chi connectivity index (χ2v) is 29.5. The maximum absolute atomic E-state index is 14.3. The minimum Gasteiger partial charge on any atom is -0.463 e. The zero-order chi connectivity index (χ0) is 71.8. The van der Waals surface area contributed by atoms with Crippen molar-refractivity contribution in [3.63, 3.8) is 0 Å². The molecule has 0 aromatic heterocycles. The molecule has 2 heterocycles. The first-order chi connectivity index (χ1) is 47.3. The van der Waals surface area contributed by atoms with Crippen molar-refractivity contribution in [3.05, 3.63) is 0 Å². The Balaban J connectivity index is 1.72. The number of hydrogen-bond acceptors (Lipinski definition) is 23. The molecule has 3 rings (SSSR count). The molecule has 0 radical (unpaired) electrons. The molecule has 578 valence electrons. The Labute approximate surface area is 587 Å². The van der Waals surface area contributed by atoms with Crippen molar-refractivity contribution in [1.29, 1.82) is 0 Å². The molecule has 98 heavy (non-hydrogen) atoms. The van der Waals surface area contributed by atoms with Gasteiger partial charge in [-0.2, -0.15) is 0 Å². The number of aliphatic hydroxyl groups excluding tert-OH is 10. The summed E-state index contributed by atoms with van der Waals surface area (Å²) in [7, 11) is -5.69. The SMILES string of the molecule is CCCCCCCCCCCCCCCCCCCC(=O)OC(COC(=O)CCCCCCCCCCCCCCC)COP(=O)(O)OC1C(OC2OC(CO)C(O)C(O)C2O)C(O)C(O)C(O)C1OC1OC(COC(=O)CCCCCCCCCCCCCCC)C(O)C(O)C1O. The lowest BCUT2D eigenvalue weighted by Gasteiger charge is -2.49. The molecule has 0 aromatic rings. The summed E-state index contributed by atoms with van der Waals surface area (Å²) in [5.74, 6) is -1.97. The zero-order valence-corrected chi connectivity index (χ0v) is 61.2. The van der Waals surface area contributed by atoms with E-state index in [9.17, 15) is 74.9 Å². The number of unbranched alkanes of at least 4 members (excludes halogenated alkanes) is 40. The Bertz CT molecular complexity index is 2030. The van der Waals surface area contributed by atoms with E-state index in [2.05, 4.69) is 20.8 Å². The highest BCUT2D eigenvalue weighted by molar-refractivity contribution is 7.47. The third-order valence-corrected chi connectivity index (χ3v) is 20.4. The van der Waals surface area contributed by atoms with Crippen LogP contribution in [-0.4, -0.2) is 204 Å². The van der Waals surface area contributed by atoms with Gasteiger partial charge in [-0.3, -0.25) is 23.4 Å². The lowest BCUT2D eigenvalue weighted by molar-refractivity contribution is -0.360. The van der Waals surface area contributed by atoms with E-state index >= 15 is 0 Å². The minimum atomic E-state index is -5.69. The normalized spacial score (nSPS) is 27.6. The molecule has 24 nitrogen and oxygen atoms in total. The monoisotopic (exact) mass is 1430 g/mol. The molecule has 2 aliphatic heterocycles. The molecule has 2 saturated heterocycles. The molecule has 11 N–H and O–H groups in total. The van der Waals surface area contributed by atoms with Gasteiger partial charge in [0.25, 0.3) is 0 Å². The molecule has 18 unspecified atom stereocenters. The predicted octanol–water partition coefficient (Wildman–Crippen LogP) is 11.0. The van der Waals surface area contributed by atoms with E-state index in [0.29, 0.717) is 19.3 Å². The quantitative estimate of drug-likeness (QED) is 0.0117. The highest BCUT2D eigenvalue weighted by atomic mass is 31.2. The average Bonchev–Trinajstić information content (AvgIpc) is 0.762. The summed E-state index contributed by atoms with van der Waals surface area (Å²) < 4.78 is 65.1. The lowest BCUT2D eigenvalue weighted by Crippen LogP contribution is -2.69. The van der Waals surface area contributed by atoms with E-state index in [1.165, 1.54) is 167 Å². The first kappa shape index (κ1) is 90.2. The summed E-state index contributed by atoms with van der Waals surface area (Å²) in [6, 6.07) is 0. The van der Waals surface area contributed by atoms with E-state index < -0.39 is 156 Å². The van der Waals surface area contributed by atoms with Gasteiger partial charge in [-0.05, 0) is 19.3 Å². The first-order valence-electron chi connectivity index (χ1n) is 38.8. The van der Waals surface area contributed by atoms with Crippen LogP contribution in [0.1, 0.15) is 316 Å². The Morgan fingerprint density at radius 2 is 0.653 bits per heavy atom. The number of phosphoric acid groups is 1. The number of esters is 3. The fourth-order valence-electron chi connectivity index (χ4n) is 13.1. The highest BCUT2D eigenvalue weighted by Crippen LogP contribution is 2.49. The Morgan fingerprint density at radius 1 is 0.357 bits per heavy atom. The van der Waals surface area contributed by atoms with E-state index in [4.69, 9.17) is 42.2 Å². The fraction of sp³-hybridized carbons (Fsp3) is 0.959. The summed E-state index contributed by atoms with van der Waals surface area (Å²) >= 11 is 0. The molecule has 3 aliphatic rings. The standard InChI is InChI=1S/C73H137O24P/c1-4-7-10-13-16-19-22-25-26-27-28-31-34-37-40-43-46-49-59(77)92-54(51-89-57(75)47-44-41-38-35-32-29-23-20-17-14-11-8-5-2)52-91-98(87,88)97-71-69(95-72-67(85)62(80)60(78)55(50-74)93-72)65(83)64(82)66(84)70(71)96-73-68(86)63(81)61(79)56(94-73)53-90-58(76)48-45-42-39-36-33-30-24-21-18-15-12-9-6-3/h54-56,60-74,78-86H,4-53H2,1-3H3,(H,87,88). The highest BCUT2D eigenvalue weighted by Gasteiger charge is 2.58. The van der Waals surface area contributed by atoms with E-state index in [1.807, 2.05) is 0 Å². The van der Waals surface area contributed by atoms with Gasteiger partial charge in [0.2, 0.25) is 0 Å². The summed E-state index contributed by atoms with van der Waals surface area (Å²) in [4.78, 5) is 51.0. The van der Waals surface area contributed by atoms with E-state index in [-0.39, 0.29) is 19.3 Å². The Kier molecular flexibility index (Phi) is 51.0. The topological polar surface area (TPSA) is 374 Å². The van der Waals surface area contributed by atoms with Gasteiger partial charge in [0.15, 0.2) is 18.7 Å². The van der Waals surface area contributed by atoms with Crippen molar-refractivity contribution in [3.8, 4) is 0 Å². The average molecular weight is 1430 g/mol. The van der Waals surface area contributed by atoms with Crippen LogP contribution < -0.4 is 0 Å². The van der Waals surface area contributed by atoms with Crippen LogP contribution in [0.4, 0.5) is 0 Å². The third-order valence-electron chi connectivity index (χ3n) is 19.4. The fourth-order valence-corrected chi connectivity index (χ4v) is 14.0. The largest absolute Gasteiger partial charge is 0.472 e. The Morgan fingerprint density at radius 3 is 1.00 bits per heavy atom. The van der Waals surface area contributed by atoms with Crippen LogP contribution in [0.5, 0.6) is 0 Å². The molecular weight excluding hydrogens is 1290 g/mol. The van der Waals surface area contributed by atoms with E-state index in [0.717, 1.165) is 89.9 Å². The maximum atomic E-state index is 14.3. The molecule has 3 fully saturated rings. The van der Waals surface area contributed by atoms with Gasteiger partial charge >= 0.3 is 25.7 Å². The molecule has 0 amide bonds. The molecule has 0 bridgehead atoms. The number of ether oxygens (including phenoxy) is 7. The van der Waals surface area contributed by atoms with Crippen molar-refractivity contribution in [2.45, 2.75) is 420 Å². The molecular formula is C73H137O24P. The number of carbonyl (C=O) groups is 3. The summed E-state index contributed by atoms with van der Waals surface area (Å²) in [5.41, 5.74) is 0. The molecule has 0 aromatic carbocycles. The summed E-state index contributed by atoms with van der Waals surface area (Å²) in [6.45, 7) is 3.48. The summed E-state index contributed by atoms with van der Waals surface area (Å²) in [5, 5.41) is 110. The van der Waals surface area contributed by atoms with Crippen molar-refractivity contribution < 1.29 is 117 Å². The van der Waals surface area contributed by atoms with Crippen LogP contribution in [0, 0.1) is 0 Å². The van der Waals surface area contributed by atoms with Gasteiger partial charge in [-0.25, -0.2) is 4.57 Å². The zero-order valence-electron chi connectivity index (χ0n) is 60.3. The van der Waals surface area contributed by atoms with Crippen LogP contribution >= 0.6 is 7.82 Å². The second-order valence-electron chi connectivity index (χ2n) is 28.1. The number of carbonyl (C=O) groups excluding carboxylic acids is 3. The van der Waals surface area contributed by atoms with Crippen molar-refractivity contribution >= 4 is 25.7 Å². The van der Waals surface area contributed by atoms with Gasteiger partial charge in [-0.1, -0.05) is 278 Å². The molecule has 25 heteroatoms. The van der Waals surface area contributed by atoms with Crippen molar-refractivity contribution in [2.75, 3.05) is 26.4 Å². The summed E-state index contributed by atoms with van der Waals surface area (Å²) in [6.07, 6.45) is 13.0. The molecule has 0 spiro atoms. The maximum Gasteiger partial charge on any atom is 0.472 e. The number of rotatable bonds is 61. The second kappa shape index (κ2) is 55.4. The van der Waals surface area contributed by atoms with Gasteiger partial charge in [-0.15, -0.1) is 0 Å². The lowest BCUT2D eigenvalue weighted by atomic mass is 9.84. The first-order valence-corrected chi connectivity index (χ1v) is 40.3. The minimum absolute atomic E-state index is 0.0327. The number of hydrogen-bond donors (Lipinski definition) is 11. The van der Waals surface area contributed by atoms with Crippen LogP contribution in [-0.2, 0) is 61.2 Å². The number of aliphatic hydroxyl groups is 10. The van der Waals surface area contributed by atoms with E-state index in [1.54, 1.807) is 0 Å². The van der Waals surface area contributed by atoms with Gasteiger partial charge in [0, 0.05) is 19.3 Å². The van der Waals surface area contributed by atoms with Crippen LogP contribution in [0.25, 0.3) is 0 Å². The van der Waals surface area contributed by atoms with Gasteiger partial charge in [0.05, 0.1) is 13.2 Å². The van der Waals surface area contributed by atoms with Crippen LogP contribution in [0.3, 0.4) is 0 Å². The van der Waals surface area contributed by atoms with Gasteiger partial charge in [0.1, 0.15) is 98.7 Å². The predicted molar refractivity (Wildman–Crippen MR) is 370 cm³/mol. The third kappa shape index (κ3) is 38.1. The molecule has 18 atom stereocenters. The van der Waals surface area contributed by atoms with Crippen LogP contribution in [0.15, 0.2) is 0 Å². The molecule has 1 aliphatic carbocycles. The van der Waals surface area contributed by atoms with Gasteiger partial charge < -0.3 is 89.1 Å². The Hall–Kier alpha value is -2.04. The van der Waals surface area contributed by atoms with Crippen molar-refractivity contribution in [1.82, 2.24) is 0 Å².